The number of para-hydroxylation sites is 1. The summed E-state index contributed by atoms with van der Waals surface area (Å²) in [5.74, 6) is -1.07. The van der Waals surface area contributed by atoms with Gasteiger partial charge in [0.1, 0.15) is 6.04 Å². The molecule has 2 aromatic rings. The van der Waals surface area contributed by atoms with Gasteiger partial charge in [-0.2, -0.15) is 0 Å². The minimum Gasteiger partial charge on any atom is -0.480 e. The van der Waals surface area contributed by atoms with Gasteiger partial charge in [0.05, 0.1) is 12.6 Å². The van der Waals surface area contributed by atoms with Crippen molar-refractivity contribution in [1.82, 2.24) is 4.68 Å². The van der Waals surface area contributed by atoms with E-state index in [9.17, 15) is 9.59 Å². The highest BCUT2D eigenvalue weighted by atomic mass is 16.5. The number of nitrogens with one attached hydrogen (secondary N) is 1. The van der Waals surface area contributed by atoms with Crippen molar-refractivity contribution in [3.05, 3.63) is 36.0 Å². The van der Waals surface area contributed by atoms with Crippen molar-refractivity contribution in [2.75, 3.05) is 12.5 Å². The van der Waals surface area contributed by atoms with Crippen LogP contribution in [0.4, 0.5) is 4.79 Å². The maximum Gasteiger partial charge on any atom is 0.426 e. The number of fused-ring (bicyclic) bond motifs is 1. The van der Waals surface area contributed by atoms with Crippen LogP contribution < -0.4 is 11.2 Å². The molecule has 0 bridgehead atoms. The van der Waals surface area contributed by atoms with Gasteiger partial charge in [-0.25, -0.2) is 10.2 Å². The minimum atomic E-state index is -1.07. The number of carbonyl (C=O) groups is 2. The molecule has 0 saturated heterocycles. The van der Waals surface area contributed by atoms with E-state index in [4.69, 9.17) is 10.8 Å². The summed E-state index contributed by atoms with van der Waals surface area (Å²) < 4.78 is 6.03. The number of aliphatic carboxylic acids is 1. The molecule has 1 unspecified atom stereocenters. The highest BCUT2D eigenvalue weighted by Gasteiger charge is 2.17. The van der Waals surface area contributed by atoms with Gasteiger partial charge in [0, 0.05) is 18.0 Å². The van der Waals surface area contributed by atoms with Crippen LogP contribution in [-0.2, 0) is 16.0 Å². The van der Waals surface area contributed by atoms with Crippen LogP contribution in [0.2, 0.25) is 0 Å². The molecule has 4 N–H and O–H groups in total. The Morgan fingerprint density at radius 2 is 2.15 bits per heavy atom. The predicted octanol–water partition coefficient (Wildman–Crippen LogP) is 0.906. The Kier molecular flexibility index (Phi) is 3.90. The van der Waals surface area contributed by atoms with Gasteiger partial charge in [-0.15, -0.1) is 0 Å². The van der Waals surface area contributed by atoms with E-state index < -0.39 is 18.1 Å². The minimum absolute atomic E-state index is 0.172. The van der Waals surface area contributed by atoms with E-state index in [2.05, 4.69) is 10.2 Å². The number of aromatic nitrogens is 1. The van der Waals surface area contributed by atoms with Crippen molar-refractivity contribution >= 4 is 23.0 Å². The molecular formula is C13H15N3O4. The van der Waals surface area contributed by atoms with Crippen molar-refractivity contribution in [2.24, 2.45) is 5.73 Å². The van der Waals surface area contributed by atoms with Crippen molar-refractivity contribution in [3.8, 4) is 0 Å². The van der Waals surface area contributed by atoms with Crippen LogP contribution in [0.15, 0.2) is 30.5 Å². The molecule has 106 valence electrons. The number of benzene rings is 1. The highest BCUT2D eigenvalue weighted by Crippen LogP contribution is 2.21. The topological polar surface area (TPSA) is 107 Å². The van der Waals surface area contributed by atoms with Crippen molar-refractivity contribution in [2.45, 2.75) is 12.5 Å². The van der Waals surface area contributed by atoms with Gasteiger partial charge in [-0.3, -0.25) is 9.47 Å². The van der Waals surface area contributed by atoms with Gasteiger partial charge in [0.25, 0.3) is 0 Å². The molecule has 0 fully saturated rings. The summed E-state index contributed by atoms with van der Waals surface area (Å²) >= 11 is 0. The molecule has 20 heavy (non-hydrogen) atoms. The molecule has 0 radical (unpaired) electrons. The molecular weight excluding hydrogens is 262 g/mol. The van der Waals surface area contributed by atoms with Crippen molar-refractivity contribution in [3.63, 3.8) is 0 Å². The molecule has 7 nitrogen and oxygen atoms in total. The van der Waals surface area contributed by atoms with E-state index in [1.54, 1.807) is 12.3 Å². The fraction of sp³-hybridized carbons (Fsp3) is 0.231. The zero-order chi connectivity index (χ0) is 14.7. The summed E-state index contributed by atoms with van der Waals surface area (Å²) in [7, 11) is 1.27. The number of nitrogens with zero attached hydrogens (tertiary/aromatic N) is 1. The third-order valence-corrected chi connectivity index (χ3v) is 2.95. The quantitative estimate of drug-likeness (QED) is 0.770. The lowest BCUT2D eigenvalue weighted by Gasteiger charge is -2.05. The average Bonchev–Trinajstić information content (AvgIpc) is 2.77. The van der Waals surface area contributed by atoms with Crippen LogP contribution in [0.5, 0.6) is 0 Å². The monoisotopic (exact) mass is 277 g/mol. The molecule has 2 rings (SSSR count). The van der Waals surface area contributed by atoms with E-state index >= 15 is 0 Å². The summed E-state index contributed by atoms with van der Waals surface area (Å²) in [5.41, 5.74) is 9.56. The Bertz CT molecular complexity index is 650. The van der Waals surface area contributed by atoms with Crippen LogP contribution in [0.3, 0.4) is 0 Å². The fourth-order valence-electron chi connectivity index (χ4n) is 1.97. The molecule has 1 aromatic heterocycles. The van der Waals surface area contributed by atoms with E-state index in [0.717, 1.165) is 16.5 Å². The molecule has 1 amide bonds. The molecule has 1 heterocycles. The second-order valence-corrected chi connectivity index (χ2v) is 4.29. The third kappa shape index (κ3) is 2.72. The maximum absolute atomic E-state index is 11.3. The highest BCUT2D eigenvalue weighted by molar-refractivity contribution is 5.87. The van der Waals surface area contributed by atoms with Crippen LogP contribution in [0, 0.1) is 0 Å². The first-order valence-corrected chi connectivity index (χ1v) is 5.95. The molecule has 0 aliphatic rings. The van der Waals surface area contributed by atoms with Gasteiger partial charge in [-0.05, 0) is 11.6 Å². The molecule has 1 atom stereocenters. The van der Waals surface area contributed by atoms with Crippen molar-refractivity contribution in [1.29, 1.82) is 0 Å². The SMILES string of the molecule is COC(=O)Nn1cc(CC(N)C(=O)O)c2ccccc21. The lowest BCUT2D eigenvalue weighted by molar-refractivity contribution is -0.138. The summed E-state index contributed by atoms with van der Waals surface area (Å²) in [4.78, 5) is 22.1. The molecule has 0 aliphatic heterocycles. The number of carboxylic acids is 1. The van der Waals surface area contributed by atoms with Crippen LogP contribution >= 0.6 is 0 Å². The Morgan fingerprint density at radius 3 is 2.80 bits per heavy atom. The Morgan fingerprint density at radius 1 is 1.45 bits per heavy atom. The number of rotatable bonds is 4. The first-order chi connectivity index (χ1) is 9.52. The molecule has 0 spiro atoms. The summed E-state index contributed by atoms with van der Waals surface area (Å²) in [6, 6.07) is 6.31. The lowest BCUT2D eigenvalue weighted by atomic mass is 10.1. The number of methoxy groups -OCH3 is 1. The number of hydrogen-bond donors (Lipinski definition) is 3. The number of ether oxygens (including phenoxy) is 1. The third-order valence-electron chi connectivity index (χ3n) is 2.95. The molecule has 7 heteroatoms. The number of nitrogens with two attached hydrogens (primary N) is 1. The zero-order valence-corrected chi connectivity index (χ0v) is 10.9. The standard InChI is InChI=1S/C13H15N3O4/c1-20-13(19)15-16-7-8(6-10(14)12(17)18)9-4-2-3-5-11(9)16/h2-5,7,10H,6,14H2,1H3,(H,15,19)(H,17,18). The van der Waals surface area contributed by atoms with E-state index in [1.807, 2.05) is 18.2 Å². The Hall–Kier alpha value is -2.54. The second kappa shape index (κ2) is 5.62. The molecule has 1 aromatic carbocycles. The van der Waals surface area contributed by atoms with E-state index in [-0.39, 0.29) is 6.42 Å². The van der Waals surface area contributed by atoms with Crippen LogP contribution in [0.25, 0.3) is 10.9 Å². The van der Waals surface area contributed by atoms with Gasteiger partial charge in [0.2, 0.25) is 0 Å². The summed E-state index contributed by atoms with van der Waals surface area (Å²) in [6.45, 7) is 0. The van der Waals surface area contributed by atoms with Gasteiger partial charge >= 0.3 is 12.1 Å². The zero-order valence-electron chi connectivity index (χ0n) is 10.9. The maximum atomic E-state index is 11.3. The van der Waals surface area contributed by atoms with Crippen LogP contribution in [-0.4, -0.2) is 35.0 Å². The van der Waals surface area contributed by atoms with Gasteiger partial charge < -0.3 is 15.6 Å². The number of hydrogen-bond acceptors (Lipinski definition) is 4. The summed E-state index contributed by atoms with van der Waals surface area (Å²) in [5, 5.41) is 9.72. The van der Waals surface area contributed by atoms with Gasteiger partial charge in [-0.1, -0.05) is 18.2 Å². The van der Waals surface area contributed by atoms with Crippen LogP contribution in [0.1, 0.15) is 5.56 Å². The Labute approximate surface area is 114 Å². The number of carbonyl (C=O) groups excluding carboxylic acids is 1. The largest absolute Gasteiger partial charge is 0.480 e. The van der Waals surface area contributed by atoms with Crippen molar-refractivity contribution < 1.29 is 19.4 Å². The second-order valence-electron chi connectivity index (χ2n) is 4.29. The number of amides is 1. The fourth-order valence-corrected chi connectivity index (χ4v) is 1.97. The Balaban J connectivity index is 2.40. The first-order valence-electron chi connectivity index (χ1n) is 5.95. The smallest absolute Gasteiger partial charge is 0.426 e. The molecule has 0 aliphatic carbocycles. The summed E-state index contributed by atoms with van der Waals surface area (Å²) in [6.07, 6.45) is 1.20. The molecule has 0 saturated carbocycles. The first kappa shape index (κ1) is 13.9. The lowest BCUT2D eigenvalue weighted by Crippen LogP contribution is -2.32. The average molecular weight is 277 g/mol. The predicted molar refractivity (Wildman–Crippen MR) is 73.0 cm³/mol. The van der Waals surface area contributed by atoms with E-state index in [1.165, 1.54) is 11.8 Å². The van der Waals surface area contributed by atoms with Gasteiger partial charge in [0.15, 0.2) is 0 Å². The normalized spacial score (nSPS) is 12.1. The number of carboxylic acid groups (broad SMARTS) is 1. The van der Waals surface area contributed by atoms with E-state index in [0.29, 0.717) is 0 Å².